The molecule has 0 spiro atoms. The van der Waals surface area contributed by atoms with Crippen molar-refractivity contribution < 1.29 is 23.3 Å². The first-order valence-electron chi connectivity index (χ1n) is 8.33. The third kappa shape index (κ3) is 6.99. The predicted molar refractivity (Wildman–Crippen MR) is 102 cm³/mol. The molecule has 2 amide bonds. The number of quaternary nitrogens is 1. The highest BCUT2D eigenvalue weighted by atomic mass is 32.2. The molecule has 0 bridgehead atoms. The van der Waals surface area contributed by atoms with E-state index in [9.17, 15) is 18.4 Å². The largest absolute Gasteiger partial charge is 0.342 e. The summed E-state index contributed by atoms with van der Waals surface area (Å²) in [6, 6.07) is 11.2. The SMILES string of the molecule is CSc1ccc(C[NH+](C)CC(=O)NCC(=O)Nc2ccc(F)c(F)c2)cc1. The van der Waals surface area contributed by atoms with Gasteiger partial charge in [-0.25, -0.2) is 8.78 Å². The third-order valence-corrected chi connectivity index (χ3v) is 4.52. The molecule has 0 saturated carbocycles. The third-order valence-electron chi connectivity index (χ3n) is 3.78. The zero-order valence-electron chi connectivity index (χ0n) is 15.1. The van der Waals surface area contributed by atoms with E-state index in [0.717, 1.165) is 22.6 Å². The number of thioether (sulfide) groups is 1. The van der Waals surface area contributed by atoms with Gasteiger partial charge in [0.05, 0.1) is 13.6 Å². The van der Waals surface area contributed by atoms with Crippen LogP contribution in [0.25, 0.3) is 0 Å². The Labute approximate surface area is 161 Å². The van der Waals surface area contributed by atoms with Crippen LogP contribution in [-0.2, 0) is 16.1 Å². The van der Waals surface area contributed by atoms with Gasteiger partial charge in [0.25, 0.3) is 5.91 Å². The molecule has 0 radical (unpaired) electrons. The number of carbonyl (C=O) groups is 2. The Morgan fingerprint density at radius 1 is 1.04 bits per heavy atom. The lowest BCUT2D eigenvalue weighted by molar-refractivity contribution is -0.885. The Kier molecular flexibility index (Phi) is 7.75. The van der Waals surface area contributed by atoms with Crippen LogP contribution in [0, 0.1) is 11.6 Å². The number of hydrogen-bond acceptors (Lipinski definition) is 3. The molecule has 0 aromatic heterocycles. The Hall–Kier alpha value is -2.45. The lowest BCUT2D eigenvalue weighted by Gasteiger charge is -2.14. The Morgan fingerprint density at radius 3 is 2.37 bits per heavy atom. The number of hydrogen-bond donors (Lipinski definition) is 3. The van der Waals surface area contributed by atoms with E-state index in [1.54, 1.807) is 11.8 Å². The number of rotatable bonds is 8. The molecule has 1 atom stereocenters. The molecular formula is C19H22F2N3O2S+. The van der Waals surface area contributed by atoms with Gasteiger partial charge in [-0.1, -0.05) is 12.1 Å². The number of amides is 2. The molecule has 2 aromatic rings. The fourth-order valence-corrected chi connectivity index (χ4v) is 2.86. The van der Waals surface area contributed by atoms with Gasteiger partial charge in [0.15, 0.2) is 18.2 Å². The highest BCUT2D eigenvalue weighted by molar-refractivity contribution is 7.98. The lowest BCUT2D eigenvalue weighted by Crippen LogP contribution is -3.08. The zero-order valence-corrected chi connectivity index (χ0v) is 16.0. The summed E-state index contributed by atoms with van der Waals surface area (Å²) >= 11 is 1.67. The Balaban J connectivity index is 1.73. The summed E-state index contributed by atoms with van der Waals surface area (Å²) in [5, 5.41) is 4.92. The molecule has 0 aliphatic heterocycles. The maximum atomic E-state index is 13.1. The Bertz CT molecular complexity index is 800. The minimum Gasteiger partial charge on any atom is -0.342 e. The fraction of sp³-hybridized carbons (Fsp3) is 0.263. The van der Waals surface area contributed by atoms with E-state index in [1.807, 2.05) is 37.6 Å². The van der Waals surface area contributed by atoms with Crippen molar-refractivity contribution in [2.45, 2.75) is 11.4 Å². The maximum Gasteiger partial charge on any atom is 0.275 e. The van der Waals surface area contributed by atoms with Crippen molar-refractivity contribution in [3.8, 4) is 0 Å². The molecular weight excluding hydrogens is 372 g/mol. The summed E-state index contributed by atoms with van der Waals surface area (Å²) in [5.41, 5.74) is 1.25. The van der Waals surface area contributed by atoms with Gasteiger partial charge >= 0.3 is 0 Å². The quantitative estimate of drug-likeness (QED) is 0.594. The van der Waals surface area contributed by atoms with Crippen LogP contribution in [0.15, 0.2) is 47.4 Å². The number of anilines is 1. The number of halogens is 2. The van der Waals surface area contributed by atoms with Crippen LogP contribution in [0.4, 0.5) is 14.5 Å². The topological polar surface area (TPSA) is 62.6 Å². The van der Waals surface area contributed by atoms with E-state index in [-0.39, 0.29) is 24.7 Å². The Morgan fingerprint density at radius 2 is 1.74 bits per heavy atom. The van der Waals surface area contributed by atoms with Crippen molar-refractivity contribution in [2.75, 3.05) is 31.7 Å². The van der Waals surface area contributed by atoms with Crippen LogP contribution in [0.1, 0.15) is 5.56 Å². The highest BCUT2D eigenvalue weighted by Crippen LogP contribution is 2.14. The van der Waals surface area contributed by atoms with Crippen molar-refractivity contribution in [2.24, 2.45) is 0 Å². The van der Waals surface area contributed by atoms with Crippen molar-refractivity contribution in [1.29, 1.82) is 0 Å². The van der Waals surface area contributed by atoms with Gasteiger partial charge in [-0.3, -0.25) is 9.59 Å². The molecule has 144 valence electrons. The van der Waals surface area contributed by atoms with E-state index >= 15 is 0 Å². The van der Waals surface area contributed by atoms with Crippen LogP contribution in [0.3, 0.4) is 0 Å². The molecule has 0 fully saturated rings. The first kappa shape index (κ1) is 20.9. The second-order valence-corrected chi connectivity index (χ2v) is 6.99. The van der Waals surface area contributed by atoms with Crippen LogP contribution >= 0.6 is 11.8 Å². The van der Waals surface area contributed by atoms with E-state index < -0.39 is 17.5 Å². The second kappa shape index (κ2) is 10.0. The molecule has 0 saturated heterocycles. The average Bonchev–Trinajstić information content (AvgIpc) is 2.63. The molecule has 0 aliphatic rings. The predicted octanol–water partition coefficient (Wildman–Crippen LogP) is 1.46. The molecule has 1 unspecified atom stereocenters. The highest BCUT2D eigenvalue weighted by Gasteiger charge is 2.12. The van der Waals surface area contributed by atoms with Gasteiger partial charge in [0.1, 0.15) is 6.54 Å². The molecule has 2 rings (SSSR count). The van der Waals surface area contributed by atoms with Gasteiger partial charge < -0.3 is 15.5 Å². The smallest absolute Gasteiger partial charge is 0.275 e. The molecule has 5 nitrogen and oxygen atoms in total. The summed E-state index contributed by atoms with van der Waals surface area (Å²) in [6.07, 6.45) is 2.01. The van der Waals surface area contributed by atoms with Crippen LogP contribution in [0.5, 0.6) is 0 Å². The first-order valence-corrected chi connectivity index (χ1v) is 9.55. The van der Waals surface area contributed by atoms with Crippen LogP contribution in [-0.4, -0.2) is 38.2 Å². The summed E-state index contributed by atoms with van der Waals surface area (Å²) in [5.74, 6) is -2.82. The monoisotopic (exact) mass is 394 g/mol. The maximum absolute atomic E-state index is 13.1. The summed E-state index contributed by atoms with van der Waals surface area (Å²) in [7, 11) is 1.89. The van der Waals surface area contributed by atoms with Gasteiger partial charge in [-0.15, -0.1) is 11.8 Å². The second-order valence-electron chi connectivity index (χ2n) is 6.11. The number of benzene rings is 2. The average molecular weight is 394 g/mol. The van der Waals surface area contributed by atoms with Crippen LogP contribution in [0.2, 0.25) is 0 Å². The van der Waals surface area contributed by atoms with E-state index in [1.165, 1.54) is 11.0 Å². The standard InChI is InChI=1S/C19H21F2N3O2S/c1-24(11-13-3-6-15(27-2)7-4-13)12-19(26)22-10-18(25)23-14-5-8-16(20)17(21)9-14/h3-9H,10-12H2,1-2H3,(H,22,26)(H,23,25)/p+1. The summed E-state index contributed by atoms with van der Waals surface area (Å²) < 4.78 is 26.0. The van der Waals surface area contributed by atoms with E-state index in [4.69, 9.17) is 0 Å². The van der Waals surface area contributed by atoms with Gasteiger partial charge in [0.2, 0.25) is 5.91 Å². The number of likely N-dealkylation sites (N-methyl/N-ethyl adjacent to an activating group) is 1. The summed E-state index contributed by atoms with van der Waals surface area (Å²) in [6.45, 7) is 0.652. The first-order chi connectivity index (χ1) is 12.9. The van der Waals surface area contributed by atoms with Crippen LogP contribution < -0.4 is 15.5 Å². The molecule has 3 N–H and O–H groups in total. The van der Waals surface area contributed by atoms with Gasteiger partial charge in [-0.05, 0) is 30.5 Å². The normalized spacial score (nSPS) is 11.7. The van der Waals surface area contributed by atoms with Crippen molar-refractivity contribution >= 4 is 29.3 Å². The van der Waals surface area contributed by atoms with Crippen molar-refractivity contribution in [3.63, 3.8) is 0 Å². The molecule has 0 aliphatic carbocycles. The summed E-state index contributed by atoms with van der Waals surface area (Å²) in [4.78, 5) is 25.9. The molecule has 27 heavy (non-hydrogen) atoms. The van der Waals surface area contributed by atoms with E-state index in [2.05, 4.69) is 10.6 Å². The zero-order chi connectivity index (χ0) is 19.8. The van der Waals surface area contributed by atoms with Gasteiger partial charge in [-0.2, -0.15) is 0 Å². The fourth-order valence-electron chi connectivity index (χ4n) is 2.45. The van der Waals surface area contributed by atoms with Crippen molar-refractivity contribution in [1.82, 2.24) is 5.32 Å². The molecule has 0 heterocycles. The minimum atomic E-state index is -1.05. The lowest BCUT2D eigenvalue weighted by atomic mass is 10.2. The number of nitrogens with one attached hydrogen (secondary N) is 3. The number of carbonyl (C=O) groups excluding carboxylic acids is 2. The van der Waals surface area contributed by atoms with E-state index in [0.29, 0.717) is 6.54 Å². The van der Waals surface area contributed by atoms with Crippen molar-refractivity contribution in [3.05, 3.63) is 59.7 Å². The molecule has 2 aromatic carbocycles. The minimum absolute atomic E-state index is 0.129. The van der Waals surface area contributed by atoms with Gasteiger partial charge in [0, 0.05) is 22.2 Å². The molecule has 8 heteroatoms.